The highest BCUT2D eigenvalue weighted by Gasteiger charge is 2.30. The first kappa shape index (κ1) is 19.5. The van der Waals surface area contributed by atoms with E-state index in [1.165, 1.54) is 12.8 Å². The van der Waals surface area contributed by atoms with E-state index in [1.807, 2.05) is 48.5 Å². The second kappa shape index (κ2) is 8.38. The summed E-state index contributed by atoms with van der Waals surface area (Å²) in [6, 6.07) is 15.3. The fourth-order valence-electron chi connectivity index (χ4n) is 3.48. The van der Waals surface area contributed by atoms with E-state index in [0.717, 1.165) is 35.8 Å². The first-order chi connectivity index (χ1) is 15.2. The maximum atomic E-state index is 13.0. The summed E-state index contributed by atoms with van der Waals surface area (Å²) in [6.45, 7) is 1.07. The van der Waals surface area contributed by atoms with Crippen molar-refractivity contribution in [1.29, 1.82) is 0 Å². The summed E-state index contributed by atoms with van der Waals surface area (Å²) in [6.07, 6.45) is 6.02. The molecule has 0 unspecified atom stereocenters. The average molecular weight is 415 g/mol. The van der Waals surface area contributed by atoms with Gasteiger partial charge < -0.3 is 15.4 Å². The van der Waals surface area contributed by atoms with Gasteiger partial charge in [-0.1, -0.05) is 30.3 Å². The van der Waals surface area contributed by atoms with Crippen LogP contribution >= 0.6 is 0 Å². The van der Waals surface area contributed by atoms with Crippen molar-refractivity contribution in [3.8, 4) is 5.88 Å². The van der Waals surface area contributed by atoms with Crippen LogP contribution in [-0.4, -0.2) is 23.4 Å². The minimum Gasteiger partial charge on any atom is -0.477 e. The van der Waals surface area contributed by atoms with Crippen molar-refractivity contribution in [2.75, 3.05) is 11.9 Å². The van der Waals surface area contributed by atoms with Gasteiger partial charge in [-0.05, 0) is 60.1 Å². The Morgan fingerprint density at radius 3 is 2.45 bits per heavy atom. The van der Waals surface area contributed by atoms with Crippen molar-refractivity contribution in [2.45, 2.75) is 32.2 Å². The monoisotopic (exact) mass is 415 g/mol. The first-order valence-electron chi connectivity index (χ1n) is 10.9. The van der Waals surface area contributed by atoms with E-state index >= 15 is 0 Å². The molecule has 6 nitrogen and oxygen atoms in total. The zero-order valence-electron chi connectivity index (χ0n) is 17.3. The molecule has 2 aliphatic rings. The minimum absolute atomic E-state index is 0.0182. The second-order valence-corrected chi connectivity index (χ2v) is 8.45. The molecule has 6 heteroatoms. The Kier molecular flexibility index (Phi) is 5.28. The summed E-state index contributed by atoms with van der Waals surface area (Å²) in [7, 11) is 0. The molecule has 2 aromatic carbocycles. The number of ether oxygens (including phenoxy) is 1. The summed E-state index contributed by atoms with van der Waals surface area (Å²) in [5, 5.41) is 7.83. The van der Waals surface area contributed by atoms with Crippen molar-refractivity contribution >= 4 is 28.3 Å². The fourth-order valence-corrected chi connectivity index (χ4v) is 3.48. The van der Waals surface area contributed by atoms with Crippen LogP contribution in [0.1, 0.15) is 41.6 Å². The lowest BCUT2D eigenvalue weighted by atomic mass is 10.0. The molecule has 158 valence electrons. The Labute approximate surface area is 181 Å². The van der Waals surface area contributed by atoms with Gasteiger partial charge in [-0.15, -0.1) is 0 Å². The lowest BCUT2D eigenvalue weighted by Gasteiger charge is -2.13. The molecular formula is C25H25N3O3. The second-order valence-electron chi connectivity index (χ2n) is 8.45. The number of hydrogen-bond donors (Lipinski definition) is 2. The average Bonchev–Trinajstić information content (AvgIpc) is 3.70. The predicted molar refractivity (Wildman–Crippen MR) is 119 cm³/mol. The van der Waals surface area contributed by atoms with Gasteiger partial charge in [0.1, 0.15) is 0 Å². The standard InChI is InChI=1S/C25H25N3O3/c29-24(18-8-9-18)28-22-12-20-4-2-1-3-19(20)11-21(22)25(30)27-14-17-7-10-23(26-13-17)31-15-16-5-6-16/h1-4,7,10-13,16,18H,5-6,8-9,14-15H2,(H,27,30)(H,28,29). The van der Waals surface area contributed by atoms with Gasteiger partial charge in [-0.3, -0.25) is 9.59 Å². The van der Waals surface area contributed by atoms with E-state index < -0.39 is 0 Å². The number of aromatic nitrogens is 1. The molecule has 0 spiro atoms. The summed E-state index contributed by atoms with van der Waals surface area (Å²) < 4.78 is 5.66. The number of carbonyl (C=O) groups excluding carboxylic acids is 2. The highest BCUT2D eigenvalue weighted by Crippen LogP contribution is 2.32. The molecule has 0 aliphatic heterocycles. The Bertz CT molecular complexity index is 1120. The number of benzene rings is 2. The molecule has 1 heterocycles. The van der Waals surface area contributed by atoms with Crippen molar-refractivity contribution < 1.29 is 14.3 Å². The molecule has 0 saturated heterocycles. The normalized spacial score (nSPS) is 15.5. The van der Waals surface area contributed by atoms with Gasteiger partial charge in [0, 0.05) is 24.7 Å². The maximum absolute atomic E-state index is 13.0. The molecule has 2 saturated carbocycles. The first-order valence-corrected chi connectivity index (χ1v) is 10.9. The number of hydrogen-bond acceptors (Lipinski definition) is 4. The van der Waals surface area contributed by atoms with Gasteiger partial charge in [0.2, 0.25) is 11.8 Å². The third-order valence-electron chi connectivity index (χ3n) is 5.75. The molecule has 2 amide bonds. The van der Waals surface area contributed by atoms with Gasteiger partial charge in [0.15, 0.2) is 0 Å². The molecule has 31 heavy (non-hydrogen) atoms. The fraction of sp³-hybridized carbons (Fsp3) is 0.320. The molecule has 0 radical (unpaired) electrons. The molecular weight excluding hydrogens is 390 g/mol. The number of nitrogens with zero attached hydrogens (tertiary/aromatic N) is 1. The Morgan fingerprint density at radius 2 is 1.77 bits per heavy atom. The van der Waals surface area contributed by atoms with Crippen LogP contribution in [0.4, 0.5) is 5.69 Å². The van der Waals surface area contributed by atoms with Gasteiger partial charge >= 0.3 is 0 Å². The molecule has 0 bridgehead atoms. The van der Waals surface area contributed by atoms with Crippen molar-refractivity contribution in [2.24, 2.45) is 11.8 Å². The van der Waals surface area contributed by atoms with Crippen LogP contribution in [0.2, 0.25) is 0 Å². The molecule has 5 rings (SSSR count). The SMILES string of the molecule is O=C(NCc1ccc(OCC2CC2)nc1)c1cc2ccccc2cc1NC(=O)C1CC1. The van der Waals surface area contributed by atoms with E-state index in [9.17, 15) is 9.59 Å². The third-order valence-corrected chi connectivity index (χ3v) is 5.75. The van der Waals surface area contributed by atoms with E-state index in [2.05, 4.69) is 15.6 Å². The Balaban J connectivity index is 1.29. The minimum atomic E-state index is -0.231. The number of carbonyl (C=O) groups is 2. The third kappa shape index (κ3) is 4.85. The number of fused-ring (bicyclic) bond motifs is 1. The molecule has 2 N–H and O–H groups in total. The lowest BCUT2D eigenvalue weighted by molar-refractivity contribution is -0.117. The van der Waals surface area contributed by atoms with Crippen LogP contribution in [0.5, 0.6) is 5.88 Å². The number of rotatable bonds is 8. The van der Waals surface area contributed by atoms with Gasteiger partial charge in [0.25, 0.3) is 5.91 Å². The maximum Gasteiger partial charge on any atom is 0.253 e. The van der Waals surface area contributed by atoms with Crippen LogP contribution in [-0.2, 0) is 11.3 Å². The van der Waals surface area contributed by atoms with Gasteiger partial charge in [-0.25, -0.2) is 4.98 Å². The summed E-state index contributed by atoms with van der Waals surface area (Å²) in [4.78, 5) is 29.6. The Hall–Kier alpha value is -3.41. The van der Waals surface area contributed by atoms with Crippen LogP contribution < -0.4 is 15.4 Å². The predicted octanol–water partition coefficient (Wildman–Crippen LogP) is 4.30. The van der Waals surface area contributed by atoms with Crippen LogP contribution in [0.15, 0.2) is 54.7 Å². The zero-order chi connectivity index (χ0) is 21.2. The van der Waals surface area contributed by atoms with Crippen LogP contribution in [0.3, 0.4) is 0 Å². The van der Waals surface area contributed by atoms with E-state index in [0.29, 0.717) is 29.6 Å². The Morgan fingerprint density at radius 1 is 1.00 bits per heavy atom. The summed E-state index contributed by atoms with van der Waals surface area (Å²) in [5.41, 5.74) is 1.90. The molecule has 2 fully saturated rings. The van der Waals surface area contributed by atoms with Crippen molar-refractivity contribution in [3.63, 3.8) is 0 Å². The highest BCUT2D eigenvalue weighted by molar-refractivity contribution is 6.08. The van der Waals surface area contributed by atoms with Crippen LogP contribution in [0.25, 0.3) is 10.8 Å². The van der Waals surface area contributed by atoms with Gasteiger partial charge in [0.05, 0.1) is 17.9 Å². The van der Waals surface area contributed by atoms with Crippen LogP contribution in [0, 0.1) is 11.8 Å². The molecule has 1 aromatic heterocycles. The van der Waals surface area contributed by atoms with Crippen molar-refractivity contribution in [3.05, 3.63) is 65.9 Å². The van der Waals surface area contributed by atoms with Crippen molar-refractivity contribution in [1.82, 2.24) is 10.3 Å². The molecule has 0 atom stereocenters. The van der Waals surface area contributed by atoms with E-state index in [1.54, 1.807) is 6.20 Å². The topological polar surface area (TPSA) is 80.3 Å². The largest absolute Gasteiger partial charge is 0.477 e. The molecule has 2 aliphatic carbocycles. The number of pyridine rings is 1. The summed E-state index contributed by atoms with van der Waals surface area (Å²) in [5.74, 6) is 1.11. The van der Waals surface area contributed by atoms with E-state index in [-0.39, 0.29) is 17.7 Å². The number of amides is 2. The smallest absolute Gasteiger partial charge is 0.253 e. The summed E-state index contributed by atoms with van der Waals surface area (Å²) >= 11 is 0. The lowest BCUT2D eigenvalue weighted by Crippen LogP contribution is -2.25. The molecule has 3 aromatic rings. The van der Waals surface area contributed by atoms with Gasteiger partial charge in [-0.2, -0.15) is 0 Å². The number of nitrogens with one attached hydrogen (secondary N) is 2. The van der Waals surface area contributed by atoms with E-state index in [4.69, 9.17) is 4.74 Å². The number of anilines is 1. The highest BCUT2D eigenvalue weighted by atomic mass is 16.5. The zero-order valence-corrected chi connectivity index (χ0v) is 17.3. The quantitative estimate of drug-likeness (QED) is 0.575.